The van der Waals surface area contributed by atoms with Gasteiger partial charge < -0.3 is 9.84 Å². The van der Waals surface area contributed by atoms with Crippen LogP contribution in [0.15, 0.2) is 16.7 Å². The molecule has 1 N–H and O–H groups in total. The molecule has 0 bridgehead atoms. The quantitative estimate of drug-likeness (QED) is 0.782. The molecule has 7 nitrogen and oxygen atoms in total. The zero-order valence-corrected chi connectivity index (χ0v) is 14.8. The SMILES string of the molecule is Cc1noc2nc(C3CC3)cc(C(=O)Nc3cc(C)n(C(C)C)n3)c12. The fourth-order valence-electron chi connectivity index (χ4n) is 3.14. The number of rotatable bonds is 4. The Kier molecular flexibility index (Phi) is 3.59. The Morgan fingerprint density at radius 3 is 2.72 bits per heavy atom. The van der Waals surface area contributed by atoms with E-state index in [2.05, 4.69) is 34.4 Å². The van der Waals surface area contributed by atoms with Crippen LogP contribution in [0.2, 0.25) is 0 Å². The van der Waals surface area contributed by atoms with Crippen LogP contribution in [0.5, 0.6) is 0 Å². The number of hydrogen-bond acceptors (Lipinski definition) is 5. The summed E-state index contributed by atoms with van der Waals surface area (Å²) in [5.41, 5.74) is 3.54. The van der Waals surface area contributed by atoms with E-state index < -0.39 is 0 Å². The molecule has 1 aliphatic rings. The highest BCUT2D eigenvalue weighted by Crippen LogP contribution is 2.40. The molecule has 0 atom stereocenters. The highest BCUT2D eigenvalue weighted by Gasteiger charge is 2.28. The van der Waals surface area contributed by atoms with Gasteiger partial charge in [0.25, 0.3) is 11.6 Å². The van der Waals surface area contributed by atoms with Crippen LogP contribution in [0.3, 0.4) is 0 Å². The van der Waals surface area contributed by atoms with E-state index in [-0.39, 0.29) is 11.9 Å². The average Bonchev–Trinajstić information content (AvgIpc) is 3.26. The van der Waals surface area contributed by atoms with E-state index >= 15 is 0 Å². The molecule has 3 aromatic heterocycles. The van der Waals surface area contributed by atoms with Crippen molar-refractivity contribution in [2.24, 2.45) is 0 Å². The molecule has 1 fully saturated rings. The second kappa shape index (κ2) is 5.68. The van der Waals surface area contributed by atoms with Crippen LogP contribution in [-0.4, -0.2) is 25.8 Å². The summed E-state index contributed by atoms with van der Waals surface area (Å²) in [6.45, 7) is 7.90. The van der Waals surface area contributed by atoms with Crippen molar-refractivity contribution in [3.8, 4) is 0 Å². The lowest BCUT2D eigenvalue weighted by molar-refractivity contribution is 0.102. The van der Waals surface area contributed by atoms with E-state index in [9.17, 15) is 4.79 Å². The van der Waals surface area contributed by atoms with Crippen molar-refractivity contribution in [3.63, 3.8) is 0 Å². The van der Waals surface area contributed by atoms with Crippen LogP contribution >= 0.6 is 0 Å². The van der Waals surface area contributed by atoms with Crippen molar-refractivity contribution in [1.82, 2.24) is 19.9 Å². The van der Waals surface area contributed by atoms with Gasteiger partial charge in [-0.2, -0.15) is 5.10 Å². The van der Waals surface area contributed by atoms with Crippen molar-refractivity contribution in [3.05, 3.63) is 34.8 Å². The predicted octanol–water partition coefficient (Wildman–Crippen LogP) is 3.75. The lowest BCUT2D eigenvalue weighted by Crippen LogP contribution is -2.14. The summed E-state index contributed by atoms with van der Waals surface area (Å²) in [5.74, 6) is 0.751. The van der Waals surface area contributed by atoms with Gasteiger partial charge in [-0.25, -0.2) is 4.98 Å². The molecule has 0 unspecified atom stereocenters. The maximum atomic E-state index is 12.9. The maximum Gasteiger partial charge on any atom is 0.259 e. The molecule has 0 aromatic carbocycles. The van der Waals surface area contributed by atoms with Crippen molar-refractivity contribution in [2.45, 2.75) is 52.5 Å². The summed E-state index contributed by atoms with van der Waals surface area (Å²) in [6.07, 6.45) is 2.20. The molecule has 1 amide bonds. The van der Waals surface area contributed by atoms with Gasteiger partial charge in [-0.05, 0) is 46.6 Å². The third-order valence-corrected chi connectivity index (χ3v) is 4.53. The molecule has 3 heterocycles. The fourth-order valence-corrected chi connectivity index (χ4v) is 3.14. The van der Waals surface area contributed by atoms with Gasteiger partial charge in [-0.1, -0.05) is 5.16 Å². The molecular weight excluding hydrogens is 318 g/mol. The molecule has 25 heavy (non-hydrogen) atoms. The largest absolute Gasteiger partial charge is 0.336 e. The predicted molar refractivity (Wildman–Crippen MR) is 93.8 cm³/mol. The highest BCUT2D eigenvalue weighted by molar-refractivity contribution is 6.12. The Hall–Kier alpha value is -2.70. The molecule has 130 valence electrons. The highest BCUT2D eigenvalue weighted by atomic mass is 16.5. The van der Waals surface area contributed by atoms with E-state index in [1.807, 2.05) is 30.7 Å². The molecule has 0 aliphatic heterocycles. The molecular formula is C18H21N5O2. The Bertz CT molecular complexity index is 965. The summed E-state index contributed by atoms with van der Waals surface area (Å²) in [5, 5.41) is 12.0. The fraction of sp³-hybridized carbons (Fsp3) is 0.444. The molecule has 1 aliphatic carbocycles. The number of carbonyl (C=O) groups is 1. The van der Waals surface area contributed by atoms with Crippen LogP contribution in [0.25, 0.3) is 11.1 Å². The van der Waals surface area contributed by atoms with Gasteiger partial charge in [0.1, 0.15) is 0 Å². The summed E-state index contributed by atoms with van der Waals surface area (Å²) < 4.78 is 7.19. The molecule has 3 aromatic rings. The van der Waals surface area contributed by atoms with E-state index in [0.717, 1.165) is 24.2 Å². The van der Waals surface area contributed by atoms with Crippen LogP contribution in [0, 0.1) is 13.8 Å². The van der Waals surface area contributed by atoms with Gasteiger partial charge in [-0.3, -0.25) is 9.48 Å². The Morgan fingerprint density at radius 2 is 2.08 bits per heavy atom. The van der Waals surface area contributed by atoms with Crippen LogP contribution in [0.1, 0.15) is 66.1 Å². The van der Waals surface area contributed by atoms with Crippen molar-refractivity contribution in [1.29, 1.82) is 0 Å². The molecule has 0 spiro atoms. The second-order valence-electron chi connectivity index (χ2n) is 6.98. The Morgan fingerprint density at radius 1 is 1.32 bits per heavy atom. The van der Waals surface area contributed by atoms with Gasteiger partial charge >= 0.3 is 0 Å². The third kappa shape index (κ3) is 2.79. The summed E-state index contributed by atoms with van der Waals surface area (Å²) >= 11 is 0. The molecule has 0 radical (unpaired) electrons. The zero-order chi connectivity index (χ0) is 17.7. The molecule has 7 heteroatoms. The van der Waals surface area contributed by atoms with E-state index in [4.69, 9.17) is 4.52 Å². The summed E-state index contributed by atoms with van der Waals surface area (Å²) in [6, 6.07) is 3.98. The summed E-state index contributed by atoms with van der Waals surface area (Å²) in [4.78, 5) is 17.4. The standard InChI is InChI=1S/C18H21N5O2/c1-9(2)23-10(3)7-15(21-23)20-17(24)13-8-14(12-5-6-12)19-18-16(13)11(4)22-25-18/h7-9,12H,5-6H2,1-4H3,(H,20,21,24). The Labute approximate surface area is 145 Å². The van der Waals surface area contributed by atoms with Crippen LogP contribution in [0.4, 0.5) is 5.82 Å². The summed E-state index contributed by atoms with van der Waals surface area (Å²) in [7, 11) is 0. The normalized spacial score (nSPS) is 14.4. The maximum absolute atomic E-state index is 12.9. The average molecular weight is 339 g/mol. The second-order valence-corrected chi connectivity index (χ2v) is 6.98. The van der Waals surface area contributed by atoms with Crippen LogP contribution < -0.4 is 5.32 Å². The molecule has 0 saturated heterocycles. The van der Waals surface area contributed by atoms with Crippen molar-refractivity contribution < 1.29 is 9.32 Å². The number of aromatic nitrogens is 4. The zero-order valence-electron chi connectivity index (χ0n) is 14.8. The number of carbonyl (C=O) groups excluding carboxylic acids is 1. The first kappa shape index (κ1) is 15.8. The number of anilines is 1. The minimum atomic E-state index is -0.214. The van der Waals surface area contributed by atoms with Crippen molar-refractivity contribution in [2.75, 3.05) is 5.32 Å². The number of amides is 1. The van der Waals surface area contributed by atoms with E-state index in [1.165, 1.54) is 0 Å². The topological polar surface area (TPSA) is 85.8 Å². The van der Waals surface area contributed by atoms with Gasteiger partial charge in [0.15, 0.2) is 5.82 Å². The lowest BCUT2D eigenvalue weighted by atomic mass is 10.1. The van der Waals surface area contributed by atoms with Gasteiger partial charge in [0.05, 0.1) is 16.6 Å². The first-order valence-corrected chi connectivity index (χ1v) is 8.58. The molecule has 4 rings (SSSR count). The number of nitrogens with zero attached hydrogens (tertiary/aromatic N) is 4. The molecule has 1 saturated carbocycles. The first-order valence-electron chi connectivity index (χ1n) is 8.58. The monoisotopic (exact) mass is 339 g/mol. The van der Waals surface area contributed by atoms with Gasteiger partial charge in [0, 0.05) is 29.4 Å². The van der Waals surface area contributed by atoms with Gasteiger partial charge in [0.2, 0.25) is 0 Å². The number of pyridine rings is 1. The van der Waals surface area contributed by atoms with Crippen LogP contribution in [-0.2, 0) is 0 Å². The van der Waals surface area contributed by atoms with Crippen molar-refractivity contribution >= 4 is 22.8 Å². The lowest BCUT2D eigenvalue weighted by Gasteiger charge is -2.08. The minimum absolute atomic E-state index is 0.214. The third-order valence-electron chi connectivity index (χ3n) is 4.53. The number of nitrogens with one attached hydrogen (secondary N) is 1. The van der Waals surface area contributed by atoms with Gasteiger partial charge in [-0.15, -0.1) is 0 Å². The van der Waals surface area contributed by atoms with E-state index in [1.54, 1.807) is 0 Å². The van der Waals surface area contributed by atoms with E-state index in [0.29, 0.717) is 34.1 Å². The number of aryl methyl sites for hydroxylation is 2. The first-order chi connectivity index (χ1) is 11.9. The smallest absolute Gasteiger partial charge is 0.259 e. The number of hydrogen-bond donors (Lipinski definition) is 1. The Balaban J connectivity index is 1.72. The number of fused-ring (bicyclic) bond motifs is 1. The minimum Gasteiger partial charge on any atom is -0.336 e.